The van der Waals surface area contributed by atoms with Crippen LogP contribution < -0.4 is 5.73 Å². The number of fused-ring (bicyclic) bond motifs is 1. The van der Waals surface area contributed by atoms with Gasteiger partial charge in [0.25, 0.3) is 0 Å². The molecule has 1 amide bonds. The Balaban J connectivity index is 1.85. The molecule has 0 unspecified atom stereocenters. The lowest BCUT2D eigenvalue weighted by Gasteiger charge is -2.29. The Labute approximate surface area is 159 Å². The summed E-state index contributed by atoms with van der Waals surface area (Å²) in [5, 5.41) is 5.61. The maximum Gasteiger partial charge on any atom is 0.226 e. The monoisotopic (exact) mass is 371 g/mol. The van der Waals surface area contributed by atoms with Gasteiger partial charge in [0.15, 0.2) is 0 Å². The summed E-state index contributed by atoms with van der Waals surface area (Å²) in [5.74, 6) is -0.129. The first-order valence-electron chi connectivity index (χ1n) is 9.81. The standard InChI is InChI=1S/C21H26ClN3O/c22-15-10-12-16(13-11-15)25-20(17-8-4-5-9-18(17)24-25)19(21(23)26)14-6-2-1-3-7-14/h10-14,19H,1-9H2,(H2,23,26)/t19-/m0/s1. The van der Waals surface area contributed by atoms with E-state index >= 15 is 0 Å². The van der Waals surface area contributed by atoms with Crippen molar-refractivity contribution in [3.8, 4) is 5.69 Å². The van der Waals surface area contributed by atoms with Gasteiger partial charge in [0.2, 0.25) is 5.91 Å². The molecule has 1 aromatic heterocycles. The van der Waals surface area contributed by atoms with E-state index in [1.807, 2.05) is 28.9 Å². The zero-order valence-electron chi connectivity index (χ0n) is 15.1. The van der Waals surface area contributed by atoms with Gasteiger partial charge in [-0.2, -0.15) is 5.10 Å². The molecule has 1 aromatic carbocycles. The second-order valence-electron chi connectivity index (χ2n) is 7.68. The van der Waals surface area contributed by atoms with E-state index in [4.69, 9.17) is 22.4 Å². The van der Waals surface area contributed by atoms with E-state index < -0.39 is 0 Å². The molecule has 1 saturated carbocycles. The SMILES string of the molecule is NC(=O)[C@H](c1c2c(nn1-c1ccc(Cl)cc1)CCCC2)C1CCCCC1. The predicted molar refractivity (Wildman–Crippen MR) is 104 cm³/mol. The number of primary amides is 1. The fraction of sp³-hybridized carbons (Fsp3) is 0.524. The summed E-state index contributed by atoms with van der Waals surface area (Å²) in [7, 11) is 0. The molecule has 0 bridgehead atoms. The minimum absolute atomic E-state index is 0.208. The Morgan fingerprint density at radius 1 is 1.08 bits per heavy atom. The molecule has 138 valence electrons. The number of carbonyl (C=O) groups is 1. The molecule has 1 atom stereocenters. The van der Waals surface area contributed by atoms with Gasteiger partial charge in [0.1, 0.15) is 0 Å². The normalized spacial score (nSPS) is 19.1. The Kier molecular flexibility index (Phi) is 5.03. The number of carbonyl (C=O) groups excluding carboxylic acids is 1. The van der Waals surface area contributed by atoms with Crippen LogP contribution in [0.25, 0.3) is 5.69 Å². The molecule has 4 nitrogen and oxygen atoms in total. The van der Waals surface area contributed by atoms with E-state index in [-0.39, 0.29) is 11.8 Å². The Hall–Kier alpha value is -1.81. The fourth-order valence-corrected chi connectivity index (χ4v) is 4.86. The number of amides is 1. The number of halogens is 1. The summed E-state index contributed by atoms with van der Waals surface area (Å²) in [6, 6.07) is 7.70. The third-order valence-electron chi connectivity index (χ3n) is 5.99. The quantitative estimate of drug-likeness (QED) is 0.856. The van der Waals surface area contributed by atoms with Crippen molar-refractivity contribution in [3.05, 3.63) is 46.2 Å². The largest absolute Gasteiger partial charge is 0.369 e. The lowest BCUT2D eigenvalue weighted by Crippen LogP contribution is -2.32. The van der Waals surface area contributed by atoms with Gasteiger partial charge in [-0.15, -0.1) is 0 Å². The van der Waals surface area contributed by atoms with E-state index in [2.05, 4.69) is 0 Å². The minimum atomic E-state index is -0.250. The molecule has 0 spiro atoms. The van der Waals surface area contributed by atoms with E-state index in [1.54, 1.807) is 0 Å². The number of benzene rings is 1. The van der Waals surface area contributed by atoms with Gasteiger partial charge < -0.3 is 5.73 Å². The van der Waals surface area contributed by atoms with Gasteiger partial charge in [-0.05, 0) is 74.3 Å². The number of aryl methyl sites for hydroxylation is 1. The summed E-state index contributed by atoms with van der Waals surface area (Å²) in [6.07, 6.45) is 10.1. The van der Waals surface area contributed by atoms with Crippen LogP contribution in [0.5, 0.6) is 0 Å². The lowest BCUT2D eigenvalue weighted by atomic mass is 9.76. The van der Waals surface area contributed by atoms with E-state index in [9.17, 15) is 4.79 Å². The molecule has 4 rings (SSSR count). The summed E-state index contributed by atoms with van der Waals surface area (Å²) in [4.78, 5) is 12.6. The molecule has 0 saturated heterocycles. The molecular formula is C21H26ClN3O. The predicted octanol–water partition coefficient (Wildman–Crippen LogP) is 4.55. The van der Waals surface area contributed by atoms with Gasteiger partial charge >= 0.3 is 0 Å². The fourth-order valence-electron chi connectivity index (χ4n) is 4.73. The van der Waals surface area contributed by atoms with Crippen LogP contribution in [0.3, 0.4) is 0 Å². The van der Waals surface area contributed by atoms with Crippen LogP contribution in [-0.2, 0) is 17.6 Å². The molecule has 1 heterocycles. The molecule has 2 aliphatic carbocycles. The molecule has 2 aliphatic rings. The van der Waals surface area contributed by atoms with Crippen molar-refractivity contribution in [2.75, 3.05) is 0 Å². The van der Waals surface area contributed by atoms with Gasteiger partial charge in [0.05, 0.1) is 23.0 Å². The third-order valence-corrected chi connectivity index (χ3v) is 6.24. The molecule has 5 heteroatoms. The van der Waals surface area contributed by atoms with Crippen molar-refractivity contribution in [1.82, 2.24) is 9.78 Å². The van der Waals surface area contributed by atoms with Crippen LogP contribution >= 0.6 is 11.6 Å². The molecule has 1 fully saturated rings. The van der Waals surface area contributed by atoms with Crippen LogP contribution in [0, 0.1) is 5.92 Å². The minimum Gasteiger partial charge on any atom is -0.369 e. The van der Waals surface area contributed by atoms with Crippen LogP contribution in [0.4, 0.5) is 0 Å². The topological polar surface area (TPSA) is 60.9 Å². The molecule has 0 aliphatic heterocycles. The highest BCUT2D eigenvalue weighted by molar-refractivity contribution is 6.30. The molecule has 26 heavy (non-hydrogen) atoms. The van der Waals surface area contributed by atoms with E-state index in [1.165, 1.54) is 24.8 Å². The average Bonchev–Trinajstić information content (AvgIpc) is 3.03. The lowest BCUT2D eigenvalue weighted by molar-refractivity contribution is -0.121. The molecule has 2 N–H and O–H groups in total. The van der Waals surface area contributed by atoms with Crippen molar-refractivity contribution in [2.24, 2.45) is 11.7 Å². The van der Waals surface area contributed by atoms with E-state index in [0.717, 1.165) is 55.6 Å². The summed E-state index contributed by atoms with van der Waals surface area (Å²) < 4.78 is 1.98. The van der Waals surface area contributed by atoms with Crippen molar-refractivity contribution in [3.63, 3.8) is 0 Å². The first-order valence-corrected chi connectivity index (χ1v) is 10.2. The number of aromatic nitrogens is 2. The van der Waals surface area contributed by atoms with Gasteiger partial charge in [-0.1, -0.05) is 30.9 Å². The molecular weight excluding hydrogens is 346 g/mol. The van der Waals surface area contributed by atoms with E-state index in [0.29, 0.717) is 10.9 Å². The highest BCUT2D eigenvalue weighted by Gasteiger charge is 2.36. The number of hydrogen-bond acceptors (Lipinski definition) is 2. The summed E-state index contributed by atoms with van der Waals surface area (Å²) in [5.41, 5.74) is 10.4. The maximum absolute atomic E-state index is 12.6. The van der Waals surface area contributed by atoms with Gasteiger partial charge in [-0.25, -0.2) is 4.68 Å². The highest BCUT2D eigenvalue weighted by Crippen LogP contribution is 2.40. The second kappa shape index (κ2) is 7.43. The first kappa shape index (κ1) is 17.6. The van der Waals surface area contributed by atoms with Crippen molar-refractivity contribution in [2.45, 2.75) is 63.7 Å². The molecule has 0 radical (unpaired) electrons. The smallest absolute Gasteiger partial charge is 0.226 e. The number of hydrogen-bond donors (Lipinski definition) is 1. The van der Waals surface area contributed by atoms with Crippen LogP contribution in [-0.4, -0.2) is 15.7 Å². The molecule has 2 aromatic rings. The highest BCUT2D eigenvalue weighted by atomic mass is 35.5. The summed E-state index contributed by atoms with van der Waals surface area (Å²) >= 11 is 6.07. The number of nitrogens with two attached hydrogens (primary N) is 1. The van der Waals surface area contributed by atoms with Crippen molar-refractivity contribution in [1.29, 1.82) is 0 Å². The van der Waals surface area contributed by atoms with Crippen molar-refractivity contribution >= 4 is 17.5 Å². The zero-order valence-corrected chi connectivity index (χ0v) is 15.8. The summed E-state index contributed by atoms with van der Waals surface area (Å²) in [6.45, 7) is 0. The van der Waals surface area contributed by atoms with Crippen LogP contribution in [0.1, 0.15) is 67.8 Å². The van der Waals surface area contributed by atoms with Crippen LogP contribution in [0.15, 0.2) is 24.3 Å². The van der Waals surface area contributed by atoms with Gasteiger partial charge in [0, 0.05) is 5.02 Å². The number of rotatable bonds is 4. The first-order chi connectivity index (χ1) is 12.6. The maximum atomic E-state index is 12.6. The Bertz CT molecular complexity index is 790. The van der Waals surface area contributed by atoms with Crippen LogP contribution in [0.2, 0.25) is 5.02 Å². The van der Waals surface area contributed by atoms with Gasteiger partial charge in [-0.3, -0.25) is 4.79 Å². The van der Waals surface area contributed by atoms with Crippen molar-refractivity contribution < 1.29 is 4.79 Å². The Morgan fingerprint density at radius 3 is 2.46 bits per heavy atom. The third kappa shape index (κ3) is 3.27. The Morgan fingerprint density at radius 2 is 1.77 bits per heavy atom. The second-order valence-corrected chi connectivity index (χ2v) is 8.12. The zero-order chi connectivity index (χ0) is 18.1. The average molecular weight is 372 g/mol. The number of nitrogens with zero attached hydrogens (tertiary/aromatic N) is 2.